The van der Waals surface area contributed by atoms with Crippen LogP contribution < -0.4 is 0 Å². The van der Waals surface area contributed by atoms with E-state index >= 15 is 0 Å². The van der Waals surface area contributed by atoms with Gasteiger partial charge in [-0.15, -0.1) is 0 Å². The van der Waals surface area contributed by atoms with Gasteiger partial charge in [0.2, 0.25) is 0 Å². The molecular weight excluding hydrogens is 841 g/mol. The average Bonchev–Trinajstić information content (AvgIpc) is 3.34. The van der Waals surface area contributed by atoms with Crippen LogP contribution in [0.4, 0.5) is 0 Å². The van der Waals surface area contributed by atoms with Gasteiger partial charge in [0.05, 0.1) is 0 Å². The van der Waals surface area contributed by atoms with Gasteiger partial charge in [-0.3, -0.25) is 14.4 Å². The fourth-order valence-corrected chi connectivity index (χ4v) is 7.77. The Bertz CT molecular complexity index is 1360. The van der Waals surface area contributed by atoms with E-state index in [-0.39, 0.29) is 31.1 Å². The quantitative estimate of drug-likeness (QED) is 0.0199. The second-order valence-corrected chi connectivity index (χ2v) is 18.6. The largest absolute Gasteiger partial charge is 0.462 e. The van der Waals surface area contributed by atoms with E-state index in [0.717, 1.165) is 89.9 Å². The molecule has 0 aromatic carbocycles. The molecule has 6 nitrogen and oxygen atoms in total. The van der Waals surface area contributed by atoms with E-state index in [2.05, 4.69) is 69.4 Å². The lowest BCUT2D eigenvalue weighted by Crippen LogP contribution is -2.30. The highest BCUT2D eigenvalue weighted by atomic mass is 16.6. The Hall–Kier alpha value is -3.67. The first-order valence-corrected chi connectivity index (χ1v) is 28.3. The van der Waals surface area contributed by atoms with Gasteiger partial charge in [0.25, 0.3) is 0 Å². The van der Waals surface area contributed by atoms with Crippen molar-refractivity contribution in [3.63, 3.8) is 0 Å². The lowest BCUT2D eigenvalue weighted by molar-refractivity contribution is -0.167. The van der Waals surface area contributed by atoms with Gasteiger partial charge in [-0.05, 0) is 70.6 Å². The summed E-state index contributed by atoms with van der Waals surface area (Å²) in [5.41, 5.74) is 0. The molecule has 0 bridgehead atoms. The summed E-state index contributed by atoms with van der Waals surface area (Å²) >= 11 is 0. The first-order chi connectivity index (χ1) is 33.5. The minimum atomic E-state index is -0.797. The number of allylic oxidation sites excluding steroid dienone is 16. The molecule has 1 unspecified atom stereocenters. The molecule has 0 fully saturated rings. The highest BCUT2D eigenvalue weighted by molar-refractivity contribution is 5.71. The van der Waals surface area contributed by atoms with Crippen LogP contribution in [0.15, 0.2) is 97.2 Å². The molecule has 0 rings (SSSR count). The van der Waals surface area contributed by atoms with Crippen molar-refractivity contribution < 1.29 is 28.6 Å². The molecule has 0 N–H and O–H groups in total. The van der Waals surface area contributed by atoms with Gasteiger partial charge < -0.3 is 14.2 Å². The van der Waals surface area contributed by atoms with E-state index in [1.807, 2.05) is 48.6 Å². The molecule has 6 heteroatoms. The number of ether oxygens (including phenoxy) is 3. The van der Waals surface area contributed by atoms with Crippen molar-refractivity contribution in [2.24, 2.45) is 0 Å². The molecule has 0 radical (unpaired) electrons. The first kappa shape index (κ1) is 64.3. The minimum Gasteiger partial charge on any atom is -0.462 e. The zero-order valence-corrected chi connectivity index (χ0v) is 44.3. The fraction of sp³-hybridized carbons (Fsp3) is 0.694. The van der Waals surface area contributed by atoms with Crippen LogP contribution in [-0.2, 0) is 28.6 Å². The van der Waals surface area contributed by atoms with E-state index in [4.69, 9.17) is 14.2 Å². The SMILES string of the molecule is CC\C=C/C=C\C=C/C=C\C=C/CCCCCC(=O)OCC(COC(=O)CCCCCCCCCCC/C=C\C/C=C\C/C=C\CC)OC(=O)CCCCCCCCCCCCCCCCCC. The number of rotatable bonds is 50. The Morgan fingerprint density at radius 3 is 1.09 bits per heavy atom. The summed E-state index contributed by atoms with van der Waals surface area (Å²) in [4.78, 5) is 38.1. The van der Waals surface area contributed by atoms with Crippen LogP contribution in [0.2, 0.25) is 0 Å². The van der Waals surface area contributed by atoms with E-state index < -0.39 is 6.10 Å². The molecule has 0 aliphatic carbocycles. The monoisotopic (exact) mass is 945 g/mol. The Morgan fingerprint density at radius 2 is 0.647 bits per heavy atom. The maximum Gasteiger partial charge on any atom is 0.306 e. The maximum atomic E-state index is 12.9. The molecule has 0 aliphatic rings. The van der Waals surface area contributed by atoms with Crippen LogP contribution in [0.5, 0.6) is 0 Å². The molecular formula is C62H104O6. The molecule has 0 heterocycles. The van der Waals surface area contributed by atoms with E-state index in [1.54, 1.807) is 0 Å². The van der Waals surface area contributed by atoms with Crippen LogP contribution in [0.1, 0.15) is 258 Å². The van der Waals surface area contributed by atoms with Gasteiger partial charge in [-0.2, -0.15) is 0 Å². The third-order valence-electron chi connectivity index (χ3n) is 12.0. The highest BCUT2D eigenvalue weighted by Gasteiger charge is 2.19. The predicted octanol–water partition coefficient (Wildman–Crippen LogP) is 18.9. The van der Waals surface area contributed by atoms with Crippen molar-refractivity contribution in [2.75, 3.05) is 13.2 Å². The summed E-state index contributed by atoms with van der Waals surface area (Å²) in [6, 6.07) is 0. The van der Waals surface area contributed by atoms with Crippen molar-refractivity contribution in [3.05, 3.63) is 97.2 Å². The van der Waals surface area contributed by atoms with Gasteiger partial charge in [-0.1, -0.05) is 266 Å². The first-order valence-electron chi connectivity index (χ1n) is 28.3. The third kappa shape index (κ3) is 53.3. The van der Waals surface area contributed by atoms with Gasteiger partial charge in [0.1, 0.15) is 13.2 Å². The van der Waals surface area contributed by atoms with Gasteiger partial charge in [-0.25, -0.2) is 0 Å². The van der Waals surface area contributed by atoms with E-state index in [1.165, 1.54) is 128 Å². The summed E-state index contributed by atoms with van der Waals surface area (Å²) in [7, 11) is 0. The number of hydrogen-bond donors (Lipinski definition) is 0. The number of carbonyl (C=O) groups excluding carboxylic acids is 3. The van der Waals surface area contributed by atoms with Gasteiger partial charge in [0, 0.05) is 19.3 Å². The maximum absolute atomic E-state index is 12.9. The summed E-state index contributed by atoms with van der Waals surface area (Å²) in [5, 5.41) is 0. The molecule has 0 saturated heterocycles. The third-order valence-corrected chi connectivity index (χ3v) is 12.0. The molecule has 1 atom stereocenters. The second-order valence-electron chi connectivity index (χ2n) is 18.6. The number of unbranched alkanes of at least 4 members (excludes halogenated alkanes) is 27. The summed E-state index contributed by atoms with van der Waals surface area (Å²) in [5.74, 6) is -0.935. The Kier molecular flexibility index (Phi) is 52.9. The second kappa shape index (κ2) is 55.9. The smallest absolute Gasteiger partial charge is 0.306 e. The zero-order valence-electron chi connectivity index (χ0n) is 44.3. The average molecular weight is 946 g/mol. The number of hydrogen-bond acceptors (Lipinski definition) is 6. The van der Waals surface area contributed by atoms with Crippen molar-refractivity contribution in [2.45, 2.75) is 264 Å². The number of esters is 3. The van der Waals surface area contributed by atoms with Gasteiger partial charge in [0.15, 0.2) is 6.10 Å². The molecule has 0 saturated carbocycles. The zero-order chi connectivity index (χ0) is 49.3. The topological polar surface area (TPSA) is 78.9 Å². The molecule has 388 valence electrons. The predicted molar refractivity (Wildman–Crippen MR) is 293 cm³/mol. The lowest BCUT2D eigenvalue weighted by Gasteiger charge is -2.18. The highest BCUT2D eigenvalue weighted by Crippen LogP contribution is 2.16. The van der Waals surface area contributed by atoms with Crippen molar-refractivity contribution in [1.29, 1.82) is 0 Å². The molecule has 0 amide bonds. The summed E-state index contributed by atoms with van der Waals surface area (Å²) in [6.45, 7) is 6.36. The van der Waals surface area contributed by atoms with Crippen LogP contribution in [0.25, 0.3) is 0 Å². The standard InChI is InChI=1S/C62H104O6/c1-4-7-10-13-16-19-22-25-28-30-31-32-35-37-40-43-46-49-52-55-61(64)67-58-59(57-66-60(63)54-51-48-45-42-39-36-33-27-24-21-18-15-12-9-6-3)68-62(65)56-53-50-47-44-41-38-34-29-26-23-20-17-14-11-8-5-2/h7,9-10,12,15-16,18-19,21,24-25,27-28,33,36,39,59H,4-6,8,11,13-14,17,20,22-23,26,29-32,34-35,37-38,40-58H2,1-3H3/b10-7-,12-9-,18-15-,19-16-,24-21-,28-25-,33-27-,39-36-. The van der Waals surface area contributed by atoms with Crippen molar-refractivity contribution >= 4 is 17.9 Å². The molecule has 0 aliphatic heterocycles. The van der Waals surface area contributed by atoms with Crippen LogP contribution in [-0.4, -0.2) is 37.2 Å². The Labute approximate surface area is 419 Å². The van der Waals surface area contributed by atoms with Crippen LogP contribution >= 0.6 is 0 Å². The number of carbonyl (C=O) groups is 3. The van der Waals surface area contributed by atoms with Crippen molar-refractivity contribution in [1.82, 2.24) is 0 Å². The molecule has 0 spiro atoms. The van der Waals surface area contributed by atoms with Crippen LogP contribution in [0, 0.1) is 0 Å². The van der Waals surface area contributed by atoms with Crippen LogP contribution in [0.3, 0.4) is 0 Å². The molecule has 0 aromatic heterocycles. The fourth-order valence-electron chi connectivity index (χ4n) is 7.77. The van der Waals surface area contributed by atoms with E-state index in [0.29, 0.717) is 19.3 Å². The molecule has 0 aromatic rings. The van der Waals surface area contributed by atoms with E-state index in [9.17, 15) is 14.4 Å². The summed E-state index contributed by atoms with van der Waals surface area (Å²) < 4.78 is 16.8. The lowest BCUT2D eigenvalue weighted by atomic mass is 10.0. The van der Waals surface area contributed by atoms with Gasteiger partial charge >= 0.3 is 17.9 Å². The minimum absolute atomic E-state index is 0.0931. The normalized spacial score (nSPS) is 12.8. The molecule has 68 heavy (non-hydrogen) atoms. The Balaban J connectivity index is 4.43. The Morgan fingerprint density at radius 1 is 0.324 bits per heavy atom. The summed E-state index contributed by atoms with van der Waals surface area (Å²) in [6.07, 6.45) is 73.9. The van der Waals surface area contributed by atoms with Crippen molar-refractivity contribution in [3.8, 4) is 0 Å².